The predicted molar refractivity (Wildman–Crippen MR) is 61.8 cm³/mol. The lowest BCUT2D eigenvalue weighted by Gasteiger charge is -2.23. The zero-order valence-electron chi connectivity index (χ0n) is 10.3. The molecule has 2 heterocycles. The van der Waals surface area contributed by atoms with Crippen molar-refractivity contribution < 1.29 is 9.59 Å². The second-order valence-electron chi connectivity index (χ2n) is 4.52. The van der Waals surface area contributed by atoms with Gasteiger partial charge in [-0.25, -0.2) is 4.98 Å². The number of aromatic nitrogens is 2. The van der Waals surface area contributed by atoms with Crippen molar-refractivity contribution in [2.24, 2.45) is 11.8 Å². The summed E-state index contributed by atoms with van der Waals surface area (Å²) < 4.78 is 0. The normalized spacial score (nSPS) is 26.6. The Labute approximate surface area is 100 Å². The molecule has 1 aromatic heterocycles. The highest BCUT2D eigenvalue weighted by atomic mass is 16.2. The quantitative estimate of drug-likeness (QED) is 0.807. The molecule has 0 spiro atoms. The number of nitrogens with zero attached hydrogens (tertiary/aromatic N) is 2. The molecule has 0 bridgehead atoms. The van der Waals surface area contributed by atoms with E-state index in [1.54, 1.807) is 26.2 Å². The molecule has 92 valence electrons. The number of carbonyl (C=O) groups is 2. The van der Waals surface area contributed by atoms with E-state index in [4.69, 9.17) is 0 Å². The van der Waals surface area contributed by atoms with Crippen LogP contribution in [0, 0.1) is 11.8 Å². The number of rotatable bonds is 3. The van der Waals surface area contributed by atoms with Gasteiger partial charge in [0.05, 0.1) is 6.04 Å². The maximum absolute atomic E-state index is 12.1. The lowest BCUT2D eigenvalue weighted by Crippen LogP contribution is -2.35. The van der Waals surface area contributed by atoms with Crippen LogP contribution >= 0.6 is 0 Å². The average molecular weight is 235 g/mol. The summed E-state index contributed by atoms with van der Waals surface area (Å²) in [6, 6.07) is -0.266. The Balaban J connectivity index is 2.33. The molecule has 3 atom stereocenters. The Bertz CT molecular complexity index is 407. The molecule has 0 saturated carbocycles. The summed E-state index contributed by atoms with van der Waals surface area (Å²) in [5.74, 6) is 0.0324. The van der Waals surface area contributed by atoms with Crippen LogP contribution in [0.2, 0.25) is 0 Å². The Morgan fingerprint density at radius 3 is 2.35 bits per heavy atom. The monoisotopic (exact) mass is 235 g/mol. The molecule has 1 aliphatic heterocycles. The standard InChI is InChI=1S/C12H17N3O2/c1-4-9(10-13-5-6-14-10)15-11(16)7(2)8(3)12(15)17/h5-9H,4H2,1-3H3,(H,13,14). The number of likely N-dealkylation sites (tertiary alicyclic amines) is 1. The number of hydrogen-bond acceptors (Lipinski definition) is 3. The van der Waals surface area contributed by atoms with Gasteiger partial charge in [-0.3, -0.25) is 14.5 Å². The van der Waals surface area contributed by atoms with Gasteiger partial charge in [-0.1, -0.05) is 20.8 Å². The third-order valence-corrected chi connectivity index (χ3v) is 3.54. The highest BCUT2D eigenvalue weighted by Gasteiger charge is 2.45. The number of imidazole rings is 1. The van der Waals surface area contributed by atoms with Crippen molar-refractivity contribution >= 4 is 11.8 Å². The summed E-state index contributed by atoms with van der Waals surface area (Å²) in [7, 11) is 0. The molecular formula is C12H17N3O2. The summed E-state index contributed by atoms with van der Waals surface area (Å²) in [5, 5.41) is 0. The third-order valence-electron chi connectivity index (χ3n) is 3.54. The first-order valence-electron chi connectivity index (χ1n) is 5.94. The molecule has 3 unspecified atom stereocenters. The van der Waals surface area contributed by atoms with Crippen LogP contribution in [0.15, 0.2) is 12.4 Å². The number of amides is 2. The minimum absolute atomic E-state index is 0.0919. The van der Waals surface area contributed by atoms with Gasteiger partial charge < -0.3 is 4.98 Å². The van der Waals surface area contributed by atoms with Gasteiger partial charge in [-0.05, 0) is 6.42 Å². The van der Waals surface area contributed by atoms with E-state index in [2.05, 4.69) is 9.97 Å². The molecule has 0 aliphatic carbocycles. The molecule has 1 aliphatic rings. The fraction of sp³-hybridized carbons (Fsp3) is 0.583. The van der Waals surface area contributed by atoms with Crippen molar-refractivity contribution in [1.82, 2.24) is 14.9 Å². The first kappa shape index (κ1) is 11.8. The Morgan fingerprint density at radius 1 is 1.35 bits per heavy atom. The van der Waals surface area contributed by atoms with Crippen molar-refractivity contribution in [2.75, 3.05) is 0 Å². The number of nitrogens with one attached hydrogen (secondary N) is 1. The van der Waals surface area contributed by atoms with E-state index >= 15 is 0 Å². The van der Waals surface area contributed by atoms with E-state index in [-0.39, 0.29) is 29.7 Å². The second kappa shape index (κ2) is 4.31. The fourth-order valence-corrected chi connectivity index (χ4v) is 2.24. The van der Waals surface area contributed by atoms with Crippen molar-refractivity contribution in [3.63, 3.8) is 0 Å². The van der Waals surface area contributed by atoms with Crippen molar-refractivity contribution in [1.29, 1.82) is 0 Å². The van der Waals surface area contributed by atoms with Gasteiger partial charge in [0.15, 0.2) is 0 Å². The van der Waals surface area contributed by atoms with Crippen LogP contribution in [-0.2, 0) is 9.59 Å². The number of H-pyrrole nitrogens is 1. The van der Waals surface area contributed by atoms with Crippen LogP contribution in [0.25, 0.3) is 0 Å². The second-order valence-corrected chi connectivity index (χ2v) is 4.52. The topological polar surface area (TPSA) is 66.1 Å². The largest absolute Gasteiger partial charge is 0.347 e. The molecule has 1 fully saturated rings. The number of aromatic amines is 1. The summed E-state index contributed by atoms with van der Waals surface area (Å²) >= 11 is 0. The molecule has 5 nitrogen and oxygen atoms in total. The van der Waals surface area contributed by atoms with Gasteiger partial charge in [0.2, 0.25) is 11.8 Å². The predicted octanol–water partition coefficient (Wildman–Crippen LogP) is 1.50. The van der Waals surface area contributed by atoms with E-state index in [1.165, 1.54) is 4.90 Å². The minimum atomic E-state index is -0.266. The van der Waals surface area contributed by atoms with Crippen molar-refractivity contribution in [3.05, 3.63) is 18.2 Å². The van der Waals surface area contributed by atoms with Crippen LogP contribution in [0.5, 0.6) is 0 Å². The lowest BCUT2D eigenvalue weighted by molar-refractivity contribution is -0.143. The minimum Gasteiger partial charge on any atom is -0.347 e. The van der Waals surface area contributed by atoms with Gasteiger partial charge in [-0.2, -0.15) is 0 Å². The number of hydrogen-bond donors (Lipinski definition) is 1. The Kier molecular flexibility index (Phi) is 3.00. The molecule has 2 rings (SSSR count). The first-order chi connectivity index (χ1) is 8.07. The van der Waals surface area contributed by atoms with Crippen LogP contribution in [0.3, 0.4) is 0 Å². The van der Waals surface area contributed by atoms with Crippen LogP contribution in [0.4, 0.5) is 0 Å². The van der Waals surface area contributed by atoms with E-state index in [0.717, 1.165) is 0 Å². The molecule has 1 N–H and O–H groups in total. The zero-order chi connectivity index (χ0) is 12.6. The molecule has 0 aromatic carbocycles. The summed E-state index contributed by atoms with van der Waals surface area (Å²) in [4.78, 5) is 32.7. The highest BCUT2D eigenvalue weighted by Crippen LogP contribution is 2.33. The summed E-state index contributed by atoms with van der Waals surface area (Å²) in [6.45, 7) is 5.56. The smallest absolute Gasteiger partial charge is 0.233 e. The SMILES string of the molecule is CCC(c1ncc[nH]1)N1C(=O)C(C)C(C)C1=O. The van der Waals surface area contributed by atoms with E-state index in [9.17, 15) is 9.59 Å². The summed E-state index contributed by atoms with van der Waals surface area (Å²) in [6.07, 6.45) is 4.01. The van der Waals surface area contributed by atoms with E-state index in [0.29, 0.717) is 12.2 Å². The molecular weight excluding hydrogens is 218 g/mol. The highest BCUT2D eigenvalue weighted by molar-refractivity contribution is 6.05. The van der Waals surface area contributed by atoms with E-state index < -0.39 is 0 Å². The van der Waals surface area contributed by atoms with Crippen LogP contribution in [0.1, 0.15) is 39.1 Å². The van der Waals surface area contributed by atoms with Gasteiger partial charge in [-0.15, -0.1) is 0 Å². The molecule has 5 heteroatoms. The zero-order valence-corrected chi connectivity index (χ0v) is 10.3. The first-order valence-corrected chi connectivity index (χ1v) is 5.94. The Morgan fingerprint density at radius 2 is 1.94 bits per heavy atom. The van der Waals surface area contributed by atoms with Crippen LogP contribution in [-0.4, -0.2) is 26.7 Å². The third kappa shape index (κ3) is 1.75. The maximum Gasteiger partial charge on any atom is 0.233 e. The molecule has 0 radical (unpaired) electrons. The molecule has 17 heavy (non-hydrogen) atoms. The lowest BCUT2D eigenvalue weighted by atomic mass is 10.00. The molecule has 1 saturated heterocycles. The van der Waals surface area contributed by atoms with Gasteiger partial charge in [0, 0.05) is 24.2 Å². The van der Waals surface area contributed by atoms with Gasteiger partial charge in [0.1, 0.15) is 5.82 Å². The number of carbonyl (C=O) groups excluding carboxylic acids is 2. The van der Waals surface area contributed by atoms with Crippen molar-refractivity contribution in [3.8, 4) is 0 Å². The molecule has 2 amide bonds. The number of imide groups is 1. The van der Waals surface area contributed by atoms with Crippen molar-refractivity contribution in [2.45, 2.75) is 33.2 Å². The average Bonchev–Trinajstić information content (AvgIpc) is 2.90. The van der Waals surface area contributed by atoms with Crippen LogP contribution < -0.4 is 0 Å². The Hall–Kier alpha value is -1.65. The van der Waals surface area contributed by atoms with E-state index in [1.807, 2.05) is 6.92 Å². The fourth-order valence-electron chi connectivity index (χ4n) is 2.24. The van der Waals surface area contributed by atoms with Gasteiger partial charge >= 0.3 is 0 Å². The van der Waals surface area contributed by atoms with Gasteiger partial charge in [0.25, 0.3) is 0 Å². The molecule has 1 aromatic rings. The maximum atomic E-state index is 12.1. The summed E-state index contributed by atoms with van der Waals surface area (Å²) in [5.41, 5.74) is 0.